The molecular formula is C10H19N. The van der Waals surface area contributed by atoms with Gasteiger partial charge >= 0.3 is 0 Å². The van der Waals surface area contributed by atoms with Crippen LogP contribution in [0, 0.1) is 11.8 Å². The van der Waals surface area contributed by atoms with E-state index in [0.29, 0.717) is 0 Å². The van der Waals surface area contributed by atoms with Crippen LogP contribution in [-0.4, -0.2) is 25.0 Å². The van der Waals surface area contributed by atoms with E-state index in [9.17, 15) is 0 Å². The molecule has 0 bridgehead atoms. The van der Waals surface area contributed by atoms with Gasteiger partial charge in [-0.15, -0.1) is 5.92 Å². The van der Waals surface area contributed by atoms with Gasteiger partial charge in [0.1, 0.15) is 0 Å². The van der Waals surface area contributed by atoms with E-state index in [1.54, 1.807) is 0 Å². The minimum absolute atomic E-state index is 0.924. The van der Waals surface area contributed by atoms with Crippen LogP contribution in [0.15, 0.2) is 0 Å². The molecule has 0 spiro atoms. The molecule has 0 fully saturated rings. The maximum absolute atomic E-state index is 3.12. The molecule has 1 heteroatoms. The summed E-state index contributed by atoms with van der Waals surface area (Å²) < 4.78 is 0. The highest BCUT2D eigenvalue weighted by atomic mass is 15.1. The van der Waals surface area contributed by atoms with Crippen molar-refractivity contribution in [2.24, 2.45) is 0 Å². The normalized spacial score (nSPS) is 9.45. The molecule has 1 nitrogen and oxygen atoms in total. The lowest BCUT2D eigenvalue weighted by atomic mass is 10.3. The number of hydrogen-bond acceptors (Lipinski definition) is 1. The zero-order valence-electron chi connectivity index (χ0n) is 7.98. The summed E-state index contributed by atoms with van der Waals surface area (Å²) in [5.74, 6) is 6.18. The maximum atomic E-state index is 3.12. The average Bonchev–Trinajstić information content (AvgIpc) is 2.01. The molecule has 0 aliphatic heterocycles. The van der Waals surface area contributed by atoms with E-state index >= 15 is 0 Å². The second-order valence-corrected chi connectivity index (χ2v) is 2.80. The summed E-state index contributed by atoms with van der Waals surface area (Å²) >= 11 is 0. The van der Waals surface area contributed by atoms with Gasteiger partial charge < -0.3 is 0 Å². The van der Waals surface area contributed by atoms with Gasteiger partial charge in [0.15, 0.2) is 0 Å². The fourth-order valence-electron chi connectivity index (χ4n) is 0.823. The molecule has 0 heterocycles. The van der Waals surface area contributed by atoms with E-state index < -0.39 is 0 Å². The molecule has 0 unspecified atom stereocenters. The molecule has 0 amide bonds. The highest BCUT2D eigenvalue weighted by molar-refractivity contribution is 4.99. The molecule has 0 aromatic carbocycles. The van der Waals surface area contributed by atoms with Gasteiger partial charge in [0.2, 0.25) is 0 Å². The van der Waals surface area contributed by atoms with E-state index in [-0.39, 0.29) is 0 Å². The fraction of sp³-hybridized carbons (Fsp3) is 0.800. The standard InChI is InChI=1S/C10H19N/c1-4-6-8-10-11(3)9-7-5-2/h4-5,7,9-10H2,1-3H3. The van der Waals surface area contributed by atoms with Gasteiger partial charge in [0.05, 0.1) is 6.54 Å². The Labute approximate surface area is 70.8 Å². The third-order valence-corrected chi connectivity index (χ3v) is 1.54. The molecular weight excluding hydrogens is 134 g/mol. The van der Waals surface area contributed by atoms with Gasteiger partial charge in [-0.1, -0.05) is 26.2 Å². The van der Waals surface area contributed by atoms with Crippen molar-refractivity contribution in [3.05, 3.63) is 0 Å². The first-order chi connectivity index (χ1) is 5.31. The Balaban J connectivity index is 3.28. The minimum atomic E-state index is 0.924. The molecule has 0 aromatic rings. The Kier molecular flexibility index (Phi) is 7.29. The van der Waals surface area contributed by atoms with Crippen LogP contribution in [0.25, 0.3) is 0 Å². The van der Waals surface area contributed by atoms with Gasteiger partial charge in [-0.05, 0) is 20.0 Å². The third kappa shape index (κ3) is 7.42. The second kappa shape index (κ2) is 7.63. The van der Waals surface area contributed by atoms with Crippen LogP contribution >= 0.6 is 0 Å². The summed E-state index contributed by atoms with van der Waals surface area (Å²) in [7, 11) is 2.12. The molecule has 0 saturated carbocycles. The van der Waals surface area contributed by atoms with E-state index in [1.807, 2.05) is 0 Å². The molecule has 0 atom stereocenters. The van der Waals surface area contributed by atoms with Gasteiger partial charge in [0.25, 0.3) is 0 Å². The predicted octanol–water partition coefficient (Wildman–Crippen LogP) is 2.13. The minimum Gasteiger partial charge on any atom is -0.295 e. The third-order valence-electron chi connectivity index (χ3n) is 1.54. The molecule has 64 valence electrons. The van der Waals surface area contributed by atoms with Gasteiger partial charge in [-0.3, -0.25) is 4.90 Å². The highest BCUT2D eigenvalue weighted by Gasteiger charge is 1.91. The summed E-state index contributed by atoms with van der Waals surface area (Å²) in [5, 5.41) is 0. The molecule has 0 aromatic heterocycles. The van der Waals surface area contributed by atoms with E-state index in [4.69, 9.17) is 0 Å². The van der Waals surface area contributed by atoms with Crippen molar-refractivity contribution in [2.75, 3.05) is 20.1 Å². The molecule has 0 saturated heterocycles. The first-order valence-corrected chi connectivity index (χ1v) is 4.45. The van der Waals surface area contributed by atoms with Crippen molar-refractivity contribution in [3.8, 4) is 11.8 Å². The second-order valence-electron chi connectivity index (χ2n) is 2.80. The number of hydrogen-bond donors (Lipinski definition) is 0. The van der Waals surface area contributed by atoms with Crippen molar-refractivity contribution < 1.29 is 0 Å². The summed E-state index contributed by atoms with van der Waals surface area (Å²) in [6.07, 6.45) is 3.53. The largest absolute Gasteiger partial charge is 0.295 e. The Bertz CT molecular complexity index is 130. The zero-order chi connectivity index (χ0) is 8.53. The Morgan fingerprint density at radius 1 is 1.18 bits per heavy atom. The van der Waals surface area contributed by atoms with Gasteiger partial charge in [-0.25, -0.2) is 0 Å². The quantitative estimate of drug-likeness (QED) is 0.559. The fourth-order valence-corrected chi connectivity index (χ4v) is 0.823. The smallest absolute Gasteiger partial charge is 0.0599 e. The number of nitrogens with zero attached hydrogens (tertiary/aromatic N) is 1. The highest BCUT2D eigenvalue weighted by Crippen LogP contribution is 1.89. The Morgan fingerprint density at radius 3 is 2.45 bits per heavy atom. The summed E-state index contributed by atoms with van der Waals surface area (Å²) in [6.45, 7) is 6.40. The van der Waals surface area contributed by atoms with Crippen LogP contribution in [0.2, 0.25) is 0 Å². The van der Waals surface area contributed by atoms with Gasteiger partial charge in [0, 0.05) is 6.42 Å². The van der Waals surface area contributed by atoms with Crippen molar-refractivity contribution in [1.29, 1.82) is 0 Å². The van der Waals surface area contributed by atoms with Crippen LogP contribution < -0.4 is 0 Å². The van der Waals surface area contributed by atoms with Crippen LogP contribution in [0.4, 0.5) is 0 Å². The van der Waals surface area contributed by atoms with Crippen LogP contribution in [0.5, 0.6) is 0 Å². The SMILES string of the molecule is CCC#CCN(C)CCCC. The average molecular weight is 153 g/mol. The monoisotopic (exact) mass is 153 g/mol. The van der Waals surface area contributed by atoms with E-state index in [0.717, 1.165) is 13.0 Å². The molecule has 0 N–H and O–H groups in total. The molecule has 0 radical (unpaired) electrons. The summed E-state index contributed by atoms with van der Waals surface area (Å²) in [5.41, 5.74) is 0. The molecule has 0 rings (SSSR count). The Hall–Kier alpha value is -0.480. The van der Waals surface area contributed by atoms with Crippen LogP contribution in [0.1, 0.15) is 33.1 Å². The number of unbranched alkanes of at least 4 members (excludes halogenated alkanes) is 1. The molecule has 0 aliphatic carbocycles. The van der Waals surface area contributed by atoms with E-state index in [2.05, 4.69) is 37.6 Å². The predicted molar refractivity (Wildman–Crippen MR) is 50.5 cm³/mol. The first kappa shape index (κ1) is 10.5. The summed E-state index contributed by atoms with van der Waals surface area (Å²) in [4.78, 5) is 2.27. The van der Waals surface area contributed by atoms with E-state index in [1.165, 1.54) is 19.4 Å². The van der Waals surface area contributed by atoms with Crippen LogP contribution in [-0.2, 0) is 0 Å². The lowest BCUT2D eigenvalue weighted by Crippen LogP contribution is -2.19. The van der Waals surface area contributed by atoms with Crippen molar-refractivity contribution >= 4 is 0 Å². The Morgan fingerprint density at radius 2 is 1.91 bits per heavy atom. The first-order valence-electron chi connectivity index (χ1n) is 4.45. The lowest BCUT2D eigenvalue weighted by molar-refractivity contribution is 0.367. The molecule has 0 aliphatic rings. The van der Waals surface area contributed by atoms with Gasteiger partial charge in [-0.2, -0.15) is 0 Å². The number of rotatable bonds is 4. The van der Waals surface area contributed by atoms with Crippen LogP contribution in [0.3, 0.4) is 0 Å². The maximum Gasteiger partial charge on any atom is 0.0599 e. The molecule has 11 heavy (non-hydrogen) atoms. The topological polar surface area (TPSA) is 3.24 Å². The summed E-state index contributed by atoms with van der Waals surface area (Å²) in [6, 6.07) is 0. The van der Waals surface area contributed by atoms with Crippen molar-refractivity contribution in [1.82, 2.24) is 4.90 Å². The lowest BCUT2D eigenvalue weighted by Gasteiger charge is -2.11. The van der Waals surface area contributed by atoms with Crippen molar-refractivity contribution in [3.63, 3.8) is 0 Å². The zero-order valence-corrected chi connectivity index (χ0v) is 7.98. The van der Waals surface area contributed by atoms with Crippen molar-refractivity contribution in [2.45, 2.75) is 33.1 Å².